The lowest BCUT2D eigenvalue weighted by molar-refractivity contribution is -0.161. The van der Waals surface area contributed by atoms with E-state index in [1.807, 2.05) is 37.3 Å². The van der Waals surface area contributed by atoms with Gasteiger partial charge in [0.15, 0.2) is 6.10 Å². The van der Waals surface area contributed by atoms with Crippen LogP contribution in [0.5, 0.6) is 0 Å². The van der Waals surface area contributed by atoms with Crippen LogP contribution in [0, 0.1) is 5.92 Å². The Balaban J connectivity index is 3.69. The maximum atomic E-state index is 12.2. The smallest absolute Gasteiger partial charge is 0.306 e. The van der Waals surface area contributed by atoms with E-state index in [4.69, 9.17) is 9.47 Å². The topological polar surface area (TPSA) is 93.1 Å². The van der Waals surface area contributed by atoms with Crippen molar-refractivity contribution in [2.45, 2.75) is 181 Å². The summed E-state index contributed by atoms with van der Waals surface area (Å²) in [6, 6.07) is 0. The summed E-state index contributed by atoms with van der Waals surface area (Å²) in [5.41, 5.74) is 0. The summed E-state index contributed by atoms with van der Waals surface area (Å²) in [5.74, 6) is 0.159. The number of allylic oxidation sites excluding steroid dienone is 8. The minimum atomic E-state index is -0.806. The molecular formula is C43H74O6. The molecule has 0 saturated carbocycles. The van der Waals surface area contributed by atoms with Gasteiger partial charge in [0, 0.05) is 12.8 Å². The van der Waals surface area contributed by atoms with E-state index in [9.17, 15) is 19.8 Å². The zero-order valence-electron chi connectivity index (χ0n) is 31.7. The molecule has 6 heteroatoms. The zero-order valence-corrected chi connectivity index (χ0v) is 31.7. The predicted octanol–water partition coefficient (Wildman–Crippen LogP) is 11.2. The number of unbranched alkanes of at least 4 members (excludes halogenated alkanes) is 14. The minimum absolute atomic E-state index is 0.109. The average Bonchev–Trinajstić information content (AvgIpc) is 3.08. The van der Waals surface area contributed by atoms with Crippen molar-refractivity contribution in [3.8, 4) is 0 Å². The summed E-state index contributed by atoms with van der Waals surface area (Å²) in [7, 11) is 0. The van der Waals surface area contributed by atoms with Crippen LogP contribution in [0.4, 0.5) is 0 Å². The molecule has 0 saturated heterocycles. The van der Waals surface area contributed by atoms with Gasteiger partial charge >= 0.3 is 11.9 Å². The van der Waals surface area contributed by atoms with Gasteiger partial charge in [0.25, 0.3) is 0 Å². The number of aliphatic hydroxyl groups excluding tert-OH is 2. The number of hydrogen-bond donors (Lipinski definition) is 2. The monoisotopic (exact) mass is 687 g/mol. The number of carbonyl (C=O) groups is 2. The van der Waals surface area contributed by atoms with Crippen LogP contribution < -0.4 is 0 Å². The van der Waals surface area contributed by atoms with Crippen LogP contribution in [0.1, 0.15) is 168 Å². The van der Waals surface area contributed by atoms with Gasteiger partial charge in [-0.1, -0.05) is 171 Å². The molecule has 1 unspecified atom stereocenters. The number of ether oxygens (including phenoxy) is 2. The van der Waals surface area contributed by atoms with E-state index >= 15 is 0 Å². The molecule has 0 aromatic heterocycles. The SMILES string of the molecule is CC/C=C\C(O)C/C=C/C=C\C/C=C\C/C=C\CCCC(=O)OC[C@H](CO)OC(=O)CCCCCCCCCCCCCCCCC(C)C. The van der Waals surface area contributed by atoms with Crippen LogP contribution in [0.15, 0.2) is 60.8 Å². The molecule has 0 fully saturated rings. The molecule has 2 atom stereocenters. The second-order valence-electron chi connectivity index (χ2n) is 13.7. The normalized spacial score (nSPS) is 13.6. The summed E-state index contributed by atoms with van der Waals surface area (Å²) in [4.78, 5) is 24.2. The van der Waals surface area contributed by atoms with E-state index < -0.39 is 12.2 Å². The molecule has 0 aliphatic heterocycles. The van der Waals surface area contributed by atoms with Crippen LogP contribution in [-0.2, 0) is 19.1 Å². The van der Waals surface area contributed by atoms with E-state index in [1.54, 1.807) is 0 Å². The van der Waals surface area contributed by atoms with Gasteiger partial charge in [0.2, 0.25) is 0 Å². The van der Waals surface area contributed by atoms with Crippen molar-refractivity contribution in [3.05, 3.63) is 60.8 Å². The third kappa shape index (κ3) is 36.7. The van der Waals surface area contributed by atoms with Gasteiger partial charge in [-0.15, -0.1) is 0 Å². The number of esters is 2. The van der Waals surface area contributed by atoms with Gasteiger partial charge in [-0.05, 0) is 50.9 Å². The maximum Gasteiger partial charge on any atom is 0.306 e. The lowest BCUT2D eigenvalue weighted by atomic mass is 10.0. The lowest BCUT2D eigenvalue weighted by Gasteiger charge is -2.15. The average molecular weight is 687 g/mol. The summed E-state index contributed by atoms with van der Waals surface area (Å²) in [6.07, 6.45) is 43.4. The van der Waals surface area contributed by atoms with Gasteiger partial charge in [0.1, 0.15) is 6.61 Å². The number of carbonyl (C=O) groups excluding carboxylic acids is 2. The summed E-state index contributed by atoms with van der Waals surface area (Å²) >= 11 is 0. The fourth-order valence-corrected chi connectivity index (χ4v) is 5.32. The van der Waals surface area contributed by atoms with E-state index in [1.165, 1.54) is 77.0 Å². The standard InChI is InChI=1S/C43H74O6/c1-4-5-33-40(45)34-29-25-21-17-13-10-11-14-18-22-26-30-35-42(46)48-38-41(37-44)49-43(47)36-31-27-23-19-15-9-7-6-8-12-16-20-24-28-32-39(2)3/h5,10-11,17-18,21-22,25,29,33,39-41,44-45H,4,6-9,12-16,19-20,23-24,26-28,30-32,34-38H2,1-3H3/b11-10-,21-17-,22-18-,29-25+,33-5-/t40?,41-/m0/s1. The molecule has 0 spiro atoms. The highest BCUT2D eigenvalue weighted by atomic mass is 16.6. The maximum absolute atomic E-state index is 12.2. The van der Waals surface area contributed by atoms with Crippen LogP contribution in [-0.4, -0.2) is 47.6 Å². The van der Waals surface area contributed by atoms with E-state index in [2.05, 4.69) is 44.2 Å². The van der Waals surface area contributed by atoms with Crippen molar-refractivity contribution in [3.63, 3.8) is 0 Å². The quantitative estimate of drug-likeness (QED) is 0.0303. The minimum Gasteiger partial charge on any atom is -0.462 e. The van der Waals surface area contributed by atoms with Crippen LogP contribution in [0.25, 0.3) is 0 Å². The van der Waals surface area contributed by atoms with Gasteiger partial charge in [-0.3, -0.25) is 9.59 Å². The Morgan fingerprint density at radius 2 is 1.16 bits per heavy atom. The lowest BCUT2D eigenvalue weighted by Crippen LogP contribution is -2.28. The van der Waals surface area contributed by atoms with Crippen molar-refractivity contribution >= 4 is 11.9 Å². The molecule has 6 nitrogen and oxygen atoms in total. The van der Waals surface area contributed by atoms with E-state index in [0.29, 0.717) is 19.3 Å². The Kier molecular flexibility index (Phi) is 35.0. The third-order valence-corrected chi connectivity index (χ3v) is 8.33. The molecule has 0 bridgehead atoms. The third-order valence-electron chi connectivity index (χ3n) is 8.33. The first-order valence-electron chi connectivity index (χ1n) is 19.8. The molecule has 0 aromatic rings. The molecule has 0 aromatic carbocycles. The van der Waals surface area contributed by atoms with Crippen LogP contribution in [0.3, 0.4) is 0 Å². The fraction of sp³-hybridized carbons (Fsp3) is 0.721. The molecular weight excluding hydrogens is 612 g/mol. The predicted molar refractivity (Wildman–Crippen MR) is 206 cm³/mol. The van der Waals surface area contributed by atoms with Crippen molar-refractivity contribution in [2.75, 3.05) is 13.2 Å². The number of rotatable bonds is 34. The van der Waals surface area contributed by atoms with Crippen LogP contribution >= 0.6 is 0 Å². The Bertz CT molecular complexity index is 900. The van der Waals surface area contributed by atoms with Crippen molar-refractivity contribution in [1.82, 2.24) is 0 Å². The van der Waals surface area contributed by atoms with Gasteiger partial charge < -0.3 is 19.7 Å². The Labute approximate surface area is 301 Å². The Morgan fingerprint density at radius 1 is 0.633 bits per heavy atom. The van der Waals surface area contributed by atoms with Crippen LogP contribution in [0.2, 0.25) is 0 Å². The molecule has 0 aliphatic rings. The Morgan fingerprint density at radius 3 is 1.76 bits per heavy atom. The second-order valence-corrected chi connectivity index (χ2v) is 13.7. The van der Waals surface area contributed by atoms with Crippen molar-refractivity contribution in [2.24, 2.45) is 5.92 Å². The van der Waals surface area contributed by atoms with E-state index in [-0.39, 0.29) is 31.6 Å². The first-order valence-corrected chi connectivity index (χ1v) is 19.8. The summed E-state index contributed by atoms with van der Waals surface area (Å²) in [5, 5.41) is 19.3. The summed E-state index contributed by atoms with van der Waals surface area (Å²) < 4.78 is 10.5. The summed E-state index contributed by atoms with van der Waals surface area (Å²) in [6.45, 7) is 6.20. The van der Waals surface area contributed by atoms with Gasteiger partial charge in [0.05, 0.1) is 12.7 Å². The number of aliphatic hydroxyl groups is 2. The highest BCUT2D eigenvalue weighted by Crippen LogP contribution is 2.15. The fourth-order valence-electron chi connectivity index (χ4n) is 5.32. The first-order chi connectivity index (χ1) is 23.9. The highest BCUT2D eigenvalue weighted by molar-refractivity contribution is 5.70. The number of hydrogen-bond acceptors (Lipinski definition) is 6. The molecule has 282 valence electrons. The largest absolute Gasteiger partial charge is 0.462 e. The molecule has 0 aliphatic carbocycles. The molecule has 0 rings (SSSR count). The second kappa shape index (κ2) is 36.8. The van der Waals surface area contributed by atoms with E-state index in [0.717, 1.165) is 50.9 Å². The molecule has 0 amide bonds. The highest BCUT2D eigenvalue weighted by Gasteiger charge is 2.16. The molecule has 49 heavy (non-hydrogen) atoms. The Hall–Kier alpha value is -2.44. The first kappa shape index (κ1) is 46.6. The molecule has 2 N–H and O–H groups in total. The molecule has 0 heterocycles. The van der Waals surface area contributed by atoms with Gasteiger partial charge in [-0.25, -0.2) is 0 Å². The van der Waals surface area contributed by atoms with Crippen molar-refractivity contribution < 1.29 is 29.3 Å². The molecule has 0 radical (unpaired) electrons. The zero-order chi connectivity index (χ0) is 36.0. The van der Waals surface area contributed by atoms with Crippen molar-refractivity contribution in [1.29, 1.82) is 0 Å². The van der Waals surface area contributed by atoms with Gasteiger partial charge in [-0.2, -0.15) is 0 Å².